The Hall–Kier alpha value is -3.01. The number of rotatable bonds is 9. The molecule has 0 bridgehead atoms. The highest BCUT2D eigenvalue weighted by molar-refractivity contribution is 5.72. The lowest BCUT2D eigenvalue weighted by molar-refractivity contribution is 0.298. The first-order chi connectivity index (χ1) is 17.5. The Bertz CT molecular complexity index is 1170. The summed E-state index contributed by atoms with van der Waals surface area (Å²) in [5.41, 5.74) is 3.20. The Kier molecular flexibility index (Phi) is 8.90. The number of benzene rings is 3. The second kappa shape index (κ2) is 12.3. The third kappa shape index (κ3) is 6.21. The van der Waals surface area contributed by atoms with E-state index in [1.54, 1.807) is 36.4 Å². The van der Waals surface area contributed by atoms with Crippen molar-refractivity contribution in [2.75, 3.05) is 7.11 Å². The summed E-state index contributed by atoms with van der Waals surface area (Å²) in [6, 6.07) is 15.8. The normalized spacial score (nSPS) is 18.0. The molecule has 36 heavy (non-hydrogen) atoms. The van der Waals surface area contributed by atoms with Crippen LogP contribution in [0, 0.1) is 23.4 Å². The highest BCUT2D eigenvalue weighted by Gasteiger charge is 2.25. The molecule has 0 unspecified atom stereocenters. The van der Waals surface area contributed by atoms with Crippen LogP contribution >= 0.6 is 0 Å². The molecule has 190 valence electrons. The minimum absolute atomic E-state index is 0.107. The second-order valence-electron chi connectivity index (χ2n) is 9.89. The van der Waals surface area contributed by atoms with Gasteiger partial charge in [0.15, 0.2) is 23.2 Å². The Balaban J connectivity index is 1.40. The Morgan fingerprint density at radius 1 is 0.806 bits per heavy atom. The van der Waals surface area contributed by atoms with Gasteiger partial charge in [-0.25, -0.2) is 13.2 Å². The molecule has 4 rings (SSSR count). The van der Waals surface area contributed by atoms with Crippen LogP contribution in [0.15, 0.2) is 54.6 Å². The van der Waals surface area contributed by atoms with Crippen LogP contribution in [-0.4, -0.2) is 7.11 Å². The summed E-state index contributed by atoms with van der Waals surface area (Å²) < 4.78 is 48.9. The van der Waals surface area contributed by atoms with E-state index in [1.165, 1.54) is 38.9 Å². The zero-order valence-corrected chi connectivity index (χ0v) is 21.2. The molecule has 0 atom stereocenters. The number of halogens is 3. The number of hydrogen-bond acceptors (Lipinski definition) is 1. The van der Waals surface area contributed by atoms with Crippen molar-refractivity contribution in [3.05, 3.63) is 88.7 Å². The predicted octanol–water partition coefficient (Wildman–Crippen LogP) is 9.80. The van der Waals surface area contributed by atoms with E-state index in [0.29, 0.717) is 5.56 Å². The lowest BCUT2D eigenvalue weighted by Gasteiger charge is -2.29. The van der Waals surface area contributed by atoms with Crippen LogP contribution in [0.2, 0.25) is 0 Å². The molecule has 0 saturated heterocycles. The second-order valence-corrected chi connectivity index (χ2v) is 9.89. The maximum Gasteiger partial charge on any atom is 0.166 e. The zero-order chi connectivity index (χ0) is 25.5. The van der Waals surface area contributed by atoms with E-state index >= 15 is 0 Å². The zero-order valence-electron chi connectivity index (χ0n) is 21.2. The SMILES string of the molecule is CCCCCC1CCC(c2ccc(/C=C/c3ccc(-c4ccc(OC)c(F)c4)cc3)c(F)c2F)CC1. The predicted molar refractivity (Wildman–Crippen MR) is 143 cm³/mol. The highest BCUT2D eigenvalue weighted by Crippen LogP contribution is 2.39. The number of ether oxygens (including phenoxy) is 1. The molecule has 0 aromatic heterocycles. The fraction of sp³-hybridized carbons (Fsp3) is 0.375. The fourth-order valence-electron chi connectivity index (χ4n) is 5.29. The minimum Gasteiger partial charge on any atom is -0.494 e. The van der Waals surface area contributed by atoms with E-state index in [1.807, 2.05) is 24.3 Å². The van der Waals surface area contributed by atoms with Gasteiger partial charge >= 0.3 is 0 Å². The molecule has 0 radical (unpaired) electrons. The van der Waals surface area contributed by atoms with Crippen LogP contribution in [0.4, 0.5) is 13.2 Å². The van der Waals surface area contributed by atoms with Crippen LogP contribution in [0.5, 0.6) is 5.75 Å². The Morgan fingerprint density at radius 2 is 1.53 bits per heavy atom. The van der Waals surface area contributed by atoms with E-state index < -0.39 is 17.5 Å². The summed E-state index contributed by atoms with van der Waals surface area (Å²) in [6.07, 6.45) is 12.5. The Labute approximate surface area is 213 Å². The summed E-state index contributed by atoms with van der Waals surface area (Å²) in [4.78, 5) is 0. The van der Waals surface area contributed by atoms with Gasteiger partial charge in [0, 0.05) is 5.56 Å². The largest absolute Gasteiger partial charge is 0.494 e. The maximum atomic E-state index is 15.0. The van der Waals surface area contributed by atoms with Crippen molar-refractivity contribution < 1.29 is 17.9 Å². The summed E-state index contributed by atoms with van der Waals surface area (Å²) >= 11 is 0. The molecule has 1 fully saturated rings. The van der Waals surface area contributed by atoms with Gasteiger partial charge in [0.2, 0.25) is 0 Å². The van der Waals surface area contributed by atoms with Crippen molar-refractivity contribution >= 4 is 12.2 Å². The highest BCUT2D eigenvalue weighted by atomic mass is 19.2. The van der Waals surface area contributed by atoms with Gasteiger partial charge < -0.3 is 4.74 Å². The molecule has 0 heterocycles. The molecule has 1 nitrogen and oxygen atoms in total. The quantitative estimate of drug-likeness (QED) is 0.213. The topological polar surface area (TPSA) is 9.23 Å². The monoisotopic (exact) mass is 492 g/mol. The van der Waals surface area contributed by atoms with Gasteiger partial charge in [-0.05, 0) is 71.9 Å². The Morgan fingerprint density at radius 3 is 2.19 bits per heavy atom. The van der Waals surface area contributed by atoms with Crippen LogP contribution < -0.4 is 4.74 Å². The number of hydrogen-bond donors (Lipinski definition) is 0. The minimum atomic E-state index is -0.779. The van der Waals surface area contributed by atoms with E-state index in [0.717, 1.165) is 48.3 Å². The molecule has 1 saturated carbocycles. The molecule has 0 aliphatic heterocycles. The van der Waals surface area contributed by atoms with Crippen molar-refractivity contribution in [1.82, 2.24) is 0 Å². The lowest BCUT2D eigenvalue weighted by Crippen LogP contribution is -2.15. The third-order valence-corrected chi connectivity index (χ3v) is 7.50. The number of methoxy groups -OCH3 is 1. The molecule has 1 aliphatic rings. The summed E-state index contributed by atoms with van der Waals surface area (Å²) in [5, 5.41) is 0. The molecular weight excluding hydrogens is 457 g/mol. The molecule has 0 amide bonds. The fourth-order valence-corrected chi connectivity index (χ4v) is 5.29. The molecular formula is C32H35F3O. The summed E-state index contributed by atoms with van der Waals surface area (Å²) in [6.45, 7) is 2.22. The molecule has 1 aliphatic carbocycles. The summed E-state index contributed by atoms with van der Waals surface area (Å²) in [7, 11) is 1.43. The third-order valence-electron chi connectivity index (χ3n) is 7.50. The van der Waals surface area contributed by atoms with Crippen molar-refractivity contribution in [3.8, 4) is 16.9 Å². The van der Waals surface area contributed by atoms with Gasteiger partial charge in [0.1, 0.15) is 0 Å². The van der Waals surface area contributed by atoms with Crippen molar-refractivity contribution in [3.63, 3.8) is 0 Å². The van der Waals surface area contributed by atoms with Gasteiger partial charge in [-0.2, -0.15) is 0 Å². The van der Waals surface area contributed by atoms with Crippen molar-refractivity contribution in [2.24, 2.45) is 5.92 Å². The standard InChI is InChI=1S/C32H35F3O/c1-3-4-5-6-22-9-14-25(15-10-22)28-19-17-26(31(34)32(28)35)16-11-23-7-12-24(13-8-23)27-18-20-30(36-2)29(33)21-27/h7-8,11-13,16-22,25H,3-6,9-10,14-15H2,1-2H3/b16-11+. The molecule has 0 spiro atoms. The van der Waals surface area contributed by atoms with Crippen LogP contribution in [0.3, 0.4) is 0 Å². The van der Waals surface area contributed by atoms with Crippen LogP contribution in [-0.2, 0) is 0 Å². The first-order valence-electron chi connectivity index (χ1n) is 13.1. The lowest BCUT2D eigenvalue weighted by atomic mass is 9.76. The van der Waals surface area contributed by atoms with Gasteiger partial charge in [0.25, 0.3) is 0 Å². The first-order valence-corrected chi connectivity index (χ1v) is 13.1. The van der Waals surface area contributed by atoms with Gasteiger partial charge in [0.05, 0.1) is 7.11 Å². The smallest absolute Gasteiger partial charge is 0.166 e. The first kappa shape index (κ1) is 26.1. The summed E-state index contributed by atoms with van der Waals surface area (Å²) in [5.74, 6) is -0.857. The van der Waals surface area contributed by atoms with Gasteiger partial charge in [-0.1, -0.05) is 87.2 Å². The average molecular weight is 493 g/mol. The van der Waals surface area contributed by atoms with E-state index in [4.69, 9.17) is 4.74 Å². The number of unbranched alkanes of at least 4 members (excludes halogenated alkanes) is 2. The van der Waals surface area contributed by atoms with Gasteiger partial charge in [-0.15, -0.1) is 0 Å². The van der Waals surface area contributed by atoms with Crippen molar-refractivity contribution in [2.45, 2.75) is 64.2 Å². The van der Waals surface area contributed by atoms with Crippen LogP contribution in [0.1, 0.15) is 80.9 Å². The van der Waals surface area contributed by atoms with Crippen molar-refractivity contribution in [1.29, 1.82) is 0 Å². The molecule has 3 aromatic rings. The van der Waals surface area contributed by atoms with Crippen LogP contribution in [0.25, 0.3) is 23.3 Å². The van der Waals surface area contributed by atoms with E-state index in [9.17, 15) is 13.2 Å². The molecule has 0 N–H and O–H groups in total. The van der Waals surface area contributed by atoms with Gasteiger partial charge in [-0.3, -0.25) is 0 Å². The van der Waals surface area contributed by atoms with E-state index in [-0.39, 0.29) is 17.2 Å². The molecule has 3 aromatic carbocycles. The average Bonchev–Trinajstić information content (AvgIpc) is 2.90. The van der Waals surface area contributed by atoms with E-state index in [2.05, 4.69) is 6.92 Å². The molecule has 4 heteroatoms. The maximum absolute atomic E-state index is 15.0.